The van der Waals surface area contributed by atoms with E-state index in [0.717, 1.165) is 32.3 Å². The molecule has 21 heteroatoms. The molecule has 4 N–H and O–H groups in total. The summed E-state index contributed by atoms with van der Waals surface area (Å²) in [7, 11) is 2.90. The van der Waals surface area contributed by atoms with Crippen LogP contribution in [0.3, 0.4) is 0 Å². The van der Waals surface area contributed by atoms with Crippen LogP contribution in [0.15, 0.2) is 69.8 Å². The highest BCUT2D eigenvalue weighted by molar-refractivity contribution is 7.15. The molecule has 5 aromatic rings. The average Bonchev–Trinajstić information content (AvgIpc) is 3.94. The van der Waals surface area contributed by atoms with Crippen LogP contribution in [0.5, 0.6) is 17.2 Å². The lowest BCUT2D eigenvalue weighted by Gasteiger charge is -2.25. The molecule has 3 aliphatic heterocycles. The van der Waals surface area contributed by atoms with Crippen LogP contribution in [0.1, 0.15) is 87.3 Å². The third-order valence-electron chi connectivity index (χ3n) is 11.8. The van der Waals surface area contributed by atoms with Gasteiger partial charge in [0.05, 0.1) is 57.0 Å². The number of aryl methyl sites for hydroxylation is 2. The fourth-order valence-electron chi connectivity index (χ4n) is 8.16. The predicted molar refractivity (Wildman–Crippen MR) is 253 cm³/mol. The third-order valence-corrected chi connectivity index (χ3v) is 13.3. The number of fused-ring (bicyclic) bond motifs is 4. The van der Waals surface area contributed by atoms with E-state index < -0.39 is 18.0 Å². The molecule has 0 bridgehead atoms. The summed E-state index contributed by atoms with van der Waals surface area (Å²) in [5, 5.41) is 30.5. The lowest BCUT2D eigenvalue weighted by Crippen LogP contribution is -2.53. The fourth-order valence-corrected chi connectivity index (χ4v) is 9.50. The van der Waals surface area contributed by atoms with Crippen LogP contribution in [0.25, 0.3) is 5.00 Å². The molecule has 2 atom stereocenters. The van der Waals surface area contributed by atoms with Crippen LogP contribution < -0.4 is 35.5 Å². The number of methoxy groups -OCH3 is 2. The number of thiophene rings is 1. The Hall–Kier alpha value is -7.03. The first-order valence-corrected chi connectivity index (χ1v) is 23.2. The number of azo groups is 1. The first-order chi connectivity index (χ1) is 32.8. The number of piperidine rings is 1. The van der Waals surface area contributed by atoms with Crippen molar-refractivity contribution in [3.8, 4) is 22.2 Å². The van der Waals surface area contributed by atoms with Crippen molar-refractivity contribution >= 4 is 69.6 Å². The number of aromatic nitrogens is 3. The zero-order chi connectivity index (χ0) is 48.1. The zero-order valence-corrected chi connectivity index (χ0v) is 39.7. The van der Waals surface area contributed by atoms with Gasteiger partial charge >= 0.3 is 0 Å². The van der Waals surface area contributed by atoms with E-state index in [2.05, 4.69) is 55.5 Å². The number of hydrogen-bond acceptors (Lipinski definition) is 15. The van der Waals surface area contributed by atoms with Gasteiger partial charge in [0.1, 0.15) is 16.9 Å². The molecule has 3 aromatic carbocycles. The number of nitrogens with one attached hydrogen (secondary N) is 4. The number of carbonyl (C=O) groups excluding carboxylic acids is 5. The maximum atomic E-state index is 13.4. The van der Waals surface area contributed by atoms with Gasteiger partial charge in [-0.3, -0.25) is 44.2 Å². The van der Waals surface area contributed by atoms with Crippen molar-refractivity contribution in [1.82, 2.24) is 40.9 Å². The molecule has 0 aliphatic carbocycles. The lowest BCUT2D eigenvalue weighted by molar-refractivity contribution is -0.135. The Morgan fingerprint density at radius 3 is 2.37 bits per heavy atom. The van der Waals surface area contributed by atoms with Crippen molar-refractivity contribution in [3.05, 3.63) is 104 Å². The molecule has 0 radical (unpaired) electrons. The highest BCUT2D eigenvalue weighted by atomic mass is 35.5. The molecule has 5 amide bonds. The van der Waals surface area contributed by atoms with Gasteiger partial charge in [0.2, 0.25) is 23.5 Å². The molecule has 3 aliphatic rings. The highest BCUT2D eigenvalue weighted by Gasteiger charge is 2.34. The molecule has 5 heterocycles. The van der Waals surface area contributed by atoms with E-state index >= 15 is 0 Å². The largest absolute Gasteiger partial charge is 0.493 e. The number of nitrogens with zero attached hydrogens (tertiary/aromatic N) is 7. The number of aliphatic imine (C=N–C) groups is 1. The number of hydrogen-bond donors (Lipinski definition) is 4. The SMILES string of the molecule is COc1cc(/N=N/c2cccc3c2CN(CNC2CCC(=O)NC2=O)C3=O)cc(OC)c1OCC(=O)NCCCCNC(=O)CC1N=C(c2ccc(Cl)cc2)c2c(sc(C)c2C)-n2c(C)nnc21. The van der Waals surface area contributed by atoms with Crippen LogP contribution in [0.4, 0.5) is 11.4 Å². The molecular weight excluding hydrogens is 914 g/mol. The maximum Gasteiger partial charge on any atom is 0.257 e. The Labute approximate surface area is 400 Å². The molecule has 19 nitrogen and oxygen atoms in total. The van der Waals surface area contributed by atoms with Gasteiger partial charge in [-0.1, -0.05) is 29.8 Å². The molecule has 2 unspecified atom stereocenters. The minimum atomic E-state index is -0.585. The number of rotatable bonds is 18. The molecule has 68 heavy (non-hydrogen) atoms. The summed E-state index contributed by atoms with van der Waals surface area (Å²) in [6, 6.07) is 14.7. The van der Waals surface area contributed by atoms with Gasteiger partial charge in [0.25, 0.3) is 11.8 Å². The van der Waals surface area contributed by atoms with E-state index in [1.54, 1.807) is 46.6 Å². The summed E-state index contributed by atoms with van der Waals surface area (Å²) in [4.78, 5) is 71.0. The Bertz CT molecular complexity index is 2820. The Balaban J connectivity index is 0.813. The van der Waals surface area contributed by atoms with Gasteiger partial charge in [-0.25, -0.2) is 0 Å². The molecule has 2 aromatic heterocycles. The summed E-state index contributed by atoms with van der Waals surface area (Å²) in [6.45, 7) is 6.85. The second kappa shape index (κ2) is 20.9. The van der Waals surface area contributed by atoms with Crippen LogP contribution in [0, 0.1) is 20.8 Å². The second-order valence-corrected chi connectivity index (χ2v) is 18.0. The normalized spacial score (nSPS) is 16.4. The highest BCUT2D eigenvalue weighted by Crippen LogP contribution is 2.43. The predicted octanol–water partition coefficient (Wildman–Crippen LogP) is 6.02. The van der Waals surface area contributed by atoms with Crippen molar-refractivity contribution < 1.29 is 38.2 Å². The maximum absolute atomic E-state index is 13.4. The van der Waals surface area contributed by atoms with Crippen LogP contribution >= 0.6 is 22.9 Å². The van der Waals surface area contributed by atoms with E-state index in [9.17, 15) is 24.0 Å². The molecule has 8 rings (SSSR count). The van der Waals surface area contributed by atoms with Crippen molar-refractivity contribution in [2.75, 3.05) is 40.6 Å². The van der Waals surface area contributed by atoms with E-state index in [1.807, 2.05) is 35.8 Å². The van der Waals surface area contributed by atoms with Gasteiger partial charge in [0.15, 0.2) is 23.9 Å². The number of unbranched alkanes of at least 4 members (excludes halogenated alkanes) is 1. The number of ether oxygens (including phenoxy) is 3. The Kier molecular flexibility index (Phi) is 14.6. The van der Waals surface area contributed by atoms with Gasteiger partial charge in [0, 0.05) is 63.8 Å². The summed E-state index contributed by atoms with van der Waals surface area (Å²) in [6.07, 6.45) is 1.86. The number of amides is 5. The second-order valence-electron chi connectivity index (χ2n) is 16.4. The van der Waals surface area contributed by atoms with E-state index in [-0.39, 0.29) is 73.5 Å². The standard InChI is InChI=1S/C47H50ClN11O8S/c1-25-26(2)68-47-41(25)42(28-11-13-29(48)14-12-28)52-35(44-57-54-27(3)59(44)47)21-39(61)49-17-6-7-18-50-40(62)23-67-43-36(65-4)19-30(20-37(43)66-5)55-56-33-10-8-9-31-32(33)22-58(46(31)64)24-51-34-15-16-38(60)53-45(34)63/h8-14,19-20,34-35,51H,6-7,15-18,21-24H2,1-5H3,(H,49,61)(H,50,62)(H,53,60,63)/b56-55+. The molecular formula is C47H50ClN11O8S. The first-order valence-electron chi connectivity index (χ1n) is 22.0. The molecule has 1 saturated heterocycles. The van der Waals surface area contributed by atoms with Gasteiger partial charge in [-0.15, -0.1) is 21.5 Å². The summed E-state index contributed by atoms with van der Waals surface area (Å²) < 4.78 is 19.0. The Morgan fingerprint density at radius 2 is 1.66 bits per heavy atom. The first kappa shape index (κ1) is 47.5. The molecule has 1 fully saturated rings. The minimum absolute atomic E-state index is 0.0674. The molecule has 0 saturated carbocycles. The van der Waals surface area contributed by atoms with Crippen LogP contribution in [-0.4, -0.2) is 102 Å². The lowest BCUT2D eigenvalue weighted by atomic mass is 9.99. The average molecular weight is 965 g/mol. The van der Waals surface area contributed by atoms with E-state index in [0.29, 0.717) is 71.5 Å². The summed E-state index contributed by atoms with van der Waals surface area (Å²) >= 11 is 7.89. The quantitative estimate of drug-likeness (QED) is 0.0451. The summed E-state index contributed by atoms with van der Waals surface area (Å²) in [5.41, 5.74) is 5.77. The van der Waals surface area contributed by atoms with Crippen molar-refractivity contribution in [1.29, 1.82) is 0 Å². The van der Waals surface area contributed by atoms with Gasteiger partial charge in [-0.05, 0) is 69.9 Å². The summed E-state index contributed by atoms with van der Waals surface area (Å²) in [5.74, 6) is 0.540. The van der Waals surface area contributed by atoms with Crippen molar-refractivity contribution in [3.63, 3.8) is 0 Å². The zero-order valence-electron chi connectivity index (χ0n) is 38.1. The topological polar surface area (TPSA) is 232 Å². The van der Waals surface area contributed by atoms with Crippen LogP contribution in [-0.2, 0) is 25.7 Å². The van der Waals surface area contributed by atoms with Crippen molar-refractivity contribution in [2.45, 2.75) is 71.5 Å². The van der Waals surface area contributed by atoms with E-state index in [4.69, 9.17) is 30.8 Å². The Morgan fingerprint density at radius 1 is 0.941 bits per heavy atom. The third kappa shape index (κ3) is 10.3. The molecule has 354 valence electrons. The number of halogens is 1. The number of imide groups is 1. The molecule has 0 spiro atoms. The monoisotopic (exact) mass is 963 g/mol. The van der Waals surface area contributed by atoms with Crippen LogP contribution in [0.2, 0.25) is 5.02 Å². The van der Waals surface area contributed by atoms with Crippen molar-refractivity contribution in [2.24, 2.45) is 15.2 Å². The smallest absolute Gasteiger partial charge is 0.257 e. The minimum Gasteiger partial charge on any atom is -0.493 e. The fraction of sp³-hybridized carbons (Fsp3) is 0.362. The van der Waals surface area contributed by atoms with E-state index in [1.165, 1.54) is 14.2 Å². The number of benzene rings is 3. The van der Waals surface area contributed by atoms with Gasteiger partial charge < -0.3 is 29.7 Å². The van der Waals surface area contributed by atoms with Gasteiger partial charge in [-0.2, -0.15) is 10.2 Å². The number of carbonyl (C=O) groups is 5.